The van der Waals surface area contributed by atoms with Gasteiger partial charge in [-0.05, 0) is 74.1 Å². The Bertz CT molecular complexity index is 2900. The Labute approximate surface area is 294 Å². The molecule has 0 bridgehead atoms. The van der Waals surface area contributed by atoms with E-state index in [1.165, 1.54) is 16.2 Å². The molecule has 0 unspecified atom stereocenters. The van der Waals surface area contributed by atoms with Crippen LogP contribution in [-0.4, -0.2) is 15.0 Å². The number of benzene rings is 8. The number of rotatable bonds is 5. The Morgan fingerprint density at radius 2 is 0.961 bits per heavy atom. The number of fused-ring (bicyclic) bond motifs is 6. The van der Waals surface area contributed by atoms with Gasteiger partial charge < -0.3 is 4.42 Å². The van der Waals surface area contributed by atoms with Gasteiger partial charge in [0.2, 0.25) is 0 Å². The topological polar surface area (TPSA) is 51.8 Å². The summed E-state index contributed by atoms with van der Waals surface area (Å²) in [5.41, 5.74) is 8.90. The second kappa shape index (κ2) is 11.9. The summed E-state index contributed by atoms with van der Waals surface area (Å²) in [7, 11) is 0. The van der Waals surface area contributed by atoms with Crippen molar-refractivity contribution in [1.82, 2.24) is 15.0 Å². The zero-order chi connectivity index (χ0) is 33.7. The molecule has 0 N–H and O–H groups in total. The van der Waals surface area contributed by atoms with E-state index in [4.69, 9.17) is 19.4 Å². The molecule has 0 aliphatic carbocycles. The first-order chi connectivity index (χ1) is 25.3. The van der Waals surface area contributed by atoms with Crippen LogP contribution in [0.4, 0.5) is 0 Å². The van der Waals surface area contributed by atoms with Crippen LogP contribution < -0.4 is 0 Å². The zero-order valence-corrected chi connectivity index (χ0v) is 27.5. The minimum absolute atomic E-state index is 0.596. The third-order valence-electron chi connectivity index (χ3n) is 9.70. The highest BCUT2D eigenvalue weighted by Crippen LogP contribution is 2.40. The van der Waals surface area contributed by atoms with Gasteiger partial charge in [0, 0.05) is 27.5 Å². The van der Waals surface area contributed by atoms with Gasteiger partial charge >= 0.3 is 0 Å². The molecule has 0 saturated carbocycles. The van der Waals surface area contributed by atoms with Gasteiger partial charge in [-0.3, -0.25) is 0 Å². The summed E-state index contributed by atoms with van der Waals surface area (Å²) in [6.07, 6.45) is 0. The van der Waals surface area contributed by atoms with Gasteiger partial charge in [0.1, 0.15) is 11.2 Å². The molecule has 0 fully saturated rings. The van der Waals surface area contributed by atoms with Crippen molar-refractivity contribution in [1.29, 1.82) is 0 Å². The minimum Gasteiger partial charge on any atom is -0.456 e. The first kappa shape index (κ1) is 29.0. The van der Waals surface area contributed by atoms with E-state index in [0.29, 0.717) is 17.5 Å². The molecule has 0 aliphatic rings. The molecule has 4 nitrogen and oxygen atoms in total. The fourth-order valence-electron chi connectivity index (χ4n) is 7.28. The number of nitrogens with zero attached hydrogens (tertiary/aromatic N) is 3. The number of aromatic nitrogens is 3. The summed E-state index contributed by atoms with van der Waals surface area (Å²) >= 11 is 0. The quantitative estimate of drug-likeness (QED) is 0.174. The van der Waals surface area contributed by atoms with Crippen molar-refractivity contribution < 1.29 is 4.42 Å². The summed E-state index contributed by atoms with van der Waals surface area (Å²) in [5, 5.41) is 6.77. The Hall–Kier alpha value is -6.91. The lowest BCUT2D eigenvalue weighted by Crippen LogP contribution is -2.01. The van der Waals surface area contributed by atoms with E-state index in [2.05, 4.69) is 127 Å². The van der Waals surface area contributed by atoms with E-state index >= 15 is 0 Å². The van der Waals surface area contributed by atoms with Crippen molar-refractivity contribution in [3.05, 3.63) is 176 Å². The van der Waals surface area contributed by atoms with Crippen molar-refractivity contribution in [3.8, 4) is 56.4 Å². The van der Waals surface area contributed by atoms with Crippen molar-refractivity contribution >= 4 is 43.5 Å². The Balaban J connectivity index is 1.22. The molecule has 8 aromatic carbocycles. The summed E-state index contributed by atoms with van der Waals surface area (Å²) in [6.45, 7) is 0. The minimum atomic E-state index is 0.596. The maximum absolute atomic E-state index is 6.48. The van der Waals surface area contributed by atoms with E-state index < -0.39 is 0 Å². The van der Waals surface area contributed by atoms with E-state index in [0.717, 1.165) is 66.3 Å². The Morgan fingerprint density at radius 1 is 0.314 bits per heavy atom. The molecular formula is C47H29N3O. The summed E-state index contributed by atoms with van der Waals surface area (Å²) in [4.78, 5) is 15.5. The van der Waals surface area contributed by atoms with Gasteiger partial charge in [0.25, 0.3) is 0 Å². The number of hydrogen-bond acceptors (Lipinski definition) is 4. The van der Waals surface area contributed by atoms with Crippen LogP contribution in [0, 0.1) is 0 Å². The molecule has 10 aromatic rings. The SMILES string of the molecule is c1ccc(-c2ccc3c(c2)oc2cccc(-c4nc(-c5ccccc5)nc(-c5cc(-c6ccccc6)c6c(ccc7ccccc76)c5)n4)c23)cc1. The van der Waals surface area contributed by atoms with E-state index in [-0.39, 0.29) is 0 Å². The molecule has 4 heteroatoms. The molecule has 51 heavy (non-hydrogen) atoms. The highest BCUT2D eigenvalue weighted by atomic mass is 16.3. The maximum Gasteiger partial charge on any atom is 0.164 e. The lowest BCUT2D eigenvalue weighted by molar-refractivity contribution is 0.669. The summed E-state index contributed by atoms with van der Waals surface area (Å²) in [6, 6.07) is 61.0. The second-order valence-electron chi connectivity index (χ2n) is 12.8. The molecule has 2 aromatic heterocycles. The maximum atomic E-state index is 6.48. The van der Waals surface area contributed by atoms with Crippen LogP contribution in [0.1, 0.15) is 0 Å². The van der Waals surface area contributed by atoms with E-state index in [9.17, 15) is 0 Å². The molecule has 0 aliphatic heterocycles. The third-order valence-corrected chi connectivity index (χ3v) is 9.70. The number of furan rings is 1. The first-order valence-corrected chi connectivity index (χ1v) is 17.1. The molecular weight excluding hydrogens is 623 g/mol. The van der Waals surface area contributed by atoms with Gasteiger partial charge in [-0.1, -0.05) is 146 Å². The molecule has 2 heterocycles. The number of hydrogen-bond donors (Lipinski definition) is 0. The summed E-state index contributed by atoms with van der Waals surface area (Å²) in [5.74, 6) is 1.83. The molecule has 0 saturated heterocycles. The predicted octanol–water partition coefficient (Wildman–Crippen LogP) is 12.4. The highest BCUT2D eigenvalue weighted by Gasteiger charge is 2.19. The smallest absolute Gasteiger partial charge is 0.164 e. The fourth-order valence-corrected chi connectivity index (χ4v) is 7.28. The van der Waals surface area contributed by atoms with Gasteiger partial charge in [0.05, 0.1) is 0 Å². The highest BCUT2D eigenvalue weighted by molar-refractivity contribution is 6.16. The van der Waals surface area contributed by atoms with Crippen LogP contribution in [0.15, 0.2) is 180 Å². The largest absolute Gasteiger partial charge is 0.456 e. The van der Waals surface area contributed by atoms with Crippen LogP contribution in [0.25, 0.3) is 99.9 Å². The van der Waals surface area contributed by atoms with E-state index in [1.807, 2.05) is 48.5 Å². The molecule has 0 atom stereocenters. The second-order valence-corrected chi connectivity index (χ2v) is 12.8. The van der Waals surface area contributed by atoms with Crippen LogP contribution in [-0.2, 0) is 0 Å². The molecule has 0 amide bonds. The standard InChI is InChI=1S/C47H29N3O/c1-4-13-30(14-5-1)34-25-26-38-42(29-34)51-41-22-12-21-39(44(38)41)47-49-45(33-18-8-3-9-19-33)48-46(50-47)36-27-35-24-23-32-17-10-11-20-37(32)43(35)40(28-36)31-15-6-2-7-16-31/h1-29H. The lowest BCUT2D eigenvalue weighted by atomic mass is 9.91. The normalized spacial score (nSPS) is 11.5. The fraction of sp³-hybridized carbons (Fsp3) is 0. The first-order valence-electron chi connectivity index (χ1n) is 17.1. The van der Waals surface area contributed by atoms with Crippen LogP contribution in [0.2, 0.25) is 0 Å². The van der Waals surface area contributed by atoms with Gasteiger partial charge in [-0.15, -0.1) is 0 Å². The predicted molar refractivity (Wildman–Crippen MR) is 209 cm³/mol. The third kappa shape index (κ3) is 5.04. The van der Waals surface area contributed by atoms with Gasteiger partial charge in [-0.25, -0.2) is 15.0 Å². The average Bonchev–Trinajstić information content (AvgIpc) is 3.59. The summed E-state index contributed by atoms with van der Waals surface area (Å²) < 4.78 is 6.48. The molecule has 0 radical (unpaired) electrons. The van der Waals surface area contributed by atoms with Crippen molar-refractivity contribution in [2.45, 2.75) is 0 Å². The van der Waals surface area contributed by atoms with Crippen molar-refractivity contribution in [3.63, 3.8) is 0 Å². The van der Waals surface area contributed by atoms with Crippen molar-refractivity contribution in [2.75, 3.05) is 0 Å². The average molecular weight is 652 g/mol. The molecule has 10 rings (SSSR count). The van der Waals surface area contributed by atoms with Gasteiger partial charge in [-0.2, -0.15) is 0 Å². The van der Waals surface area contributed by atoms with Crippen LogP contribution in [0.5, 0.6) is 0 Å². The van der Waals surface area contributed by atoms with Crippen LogP contribution in [0.3, 0.4) is 0 Å². The van der Waals surface area contributed by atoms with Crippen molar-refractivity contribution in [2.24, 2.45) is 0 Å². The molecule has 0 spiro atoms. The Morgan fingerprint density at radius 3 is 1.75 bits per heavy atom. The monoisotopic (exact) mass is 651 g/mol. The van der Waals surface area contributed by atoms with Gasteiger partial charge in [0.15, 0.2) is 17.5 Å². The lowest BCUT2D eigenvalue weighted by Gasteiger charge is -2.14. The van der Waals surface area contributed by atoms with E-state index in [1.54, 1.807) is 0 Å². The zero-order valence-electron chi connectivity index (χ0n) is 27.5. The molecule has 238 valence electrons. The van der Waals surface area contributed by atoms with Crippen LogP contribution >= 0.6 is 0 Å². The Kier molecular flexibility index (Phi) is 6.78.